The van der Waals surface area contributed by atoms with Gasteiger partial charge in [-0.15, -0.1) is 0 Å². The van der Waals surface area contributed by atoms with Gasteiger partial charge >= 0.3 is 0 Å². The van der Waals surface area contributed by atoms with Gasteiger partial charge in [0.1, 0.15) is 5.82 Å². The Morgan fingerprint density at radius 1 is 1.19 bits per heavy atom. The van der Waals surface area contributed by atoms with Gasteiger partial charge in [0.25, 0.3) is 0 Å². The zero-order valence-electron chi connectivity index (χ0n) is 21.7. The molecule has 0 bridgehead atoms. The van der Waals surface area contributed by atoms with Crippen molar-refractivity contribution in [2.45, 2.75) is 70.6 Å². The fourth-order valence-corrected chi connectivity index (χ4v) is 5.58. The Hall–Kier alpha value is -2.19. The van der Waals surface area contributed by atoms with E-state index >= 15 is 0 Å². The molecule has 2 amide bonds. The van der Waals surface area contributed by atoms with E-state index < -0.39 is 11.4 Å². The summed E-state index contributed by atoms with van der Waals surface area (Å²) in [6.07, 6.45) is 2.87. The highest BCUT2D eigenvalue weighted by Crippen LogP contribution is 2.38. The number of carbonyl (C=O) groups is 2. The van der Waals surface area contributed by atoms with Gasteiger partial charge in [0.15, 0.2) is 0 Å². The van der Waals surface area contributed by atoms with Crippen LogP contribution in [0.4, 0.5) is 10.1 Å². The molecule has 0 radical (unpaired) electrons. The predicted molar refractivity (Wildman–Crippen MR) is 146 cm³/mol. The second kappa shape index (κ2) is 12.1. The molecule has 1 saturated heterocycles. The smallest absolute Gasteiger partial charge is 0.229 e. The van der Waals surface area contributed by atoms with Crippen LogP contribution >= 0.6 is 23.2 Å². The predicted octanol–water partition coefficient (Wildman–Crippen LogP) is 5.52. The Morgan fingerprint density at radius 2 is 1.89 bits per heavy atom. The first kappa shape index (κ1) is 29.4. The number of nitrogens with one attached hydrogen (secondary N) is 3. The van der Waals surface area contributed by atoms with Crippen molar-refractivity contribution in [3.8, 4) is 0 Å². The lowest BCUT2D eigenvalue weighted by Crippen LogP contribution is -2.51. The molecule has 1 aliphatic carbocycles. The minimum atomic E-state index is -0.527. The summed E-state index contributed by atoms with van der Waals surface area (Å²) in [5.74, 6) is -1.02. The summed E-state index contributed by atoms with van der Waals surface area (Å²) < 4.78 is 13.9. The molecule has 2 fully saturated rings. The molecule has 4 rings (SSSR count). The van der Waals surface area contributed by atoms with Crippen LogP contribution in [-0.4, -0.2) is 41.7 Å². The number of halogens is 3. The van der Waals surface area contributed by atoms with Crippen molar-refractivity contribution < 1.29 is 19.1 Å². The van der Waals surface area contributed by atoms with Gasteiger partial charge in [0.2, 0.25) is 12.3 Å². The van der Waals surface area contributed by atoms with Crippen LogP contribution in [0, 0.1) is 17.2 Å². The van der Waals surface area contributed by atoms with E-state index in [4.69, 9.17) is 28.3 Å². The lowest BCUT2D eigenvalue weighted by Gasteiger charge is -2.40. The number of carbonyl (C=O) groups excluding carboxylic acids is 2. The SMILES string of the molecule is CC(C)(C)CC1NCC(c2cc(F)cc(Cl)c2)C1C(=O)Nc1cccc(Cl)c1.CC1(O)CC(NC=O)C1. The van der Waals surface area contributed by atoms with Crippen LogP contribution in [0.1, 0.15) is 58.4 Å². The first-order chi connectivity index (χ1) is 17.3. The van der Waals surface area contributed by atoms with Gasteiger partial charge in [0, 0.05) is 40.3 Å². The monoisotopic (exact) mass is 551 g/mol. The topological polar surface area (TPSA) is 90.5 Å². The summed E-state index contributed by atoms with van der Waals surface area (Å²) in [5.41, 5.74) is 0.900. The Bertz CT molecular complexity index is 1080. The van der Waals surface area contributed by atoms with E-state index in [1.807, 2.05) is 0 Å². The van der Waals surface area contributed by atoms with Gasteiger partial charge in [-0.25, -0.2) is 4.39 Å². The number of hydrogen-bond donors (Lipinski definition) is 4. The second-order valence-electron chi connectivity index (χ2n) is 11.5. The molecule has 2 aromatic carbocycles. The Balaban J connectivity index is 0.000000356. The van der Waals surface area contributed by atoms with Gasteiger partial charge in [-0.05, 0) is 73.6 Å². The third-order valence-corrected chi connectivity index (χ3v) is 7.14. The molecule has 2 aromatic rings. The van der Waals surface area contributed by atoms with Crippen LogP contribution in [0.2, 0.25) is 10.0 Å². The first-order valence-corrected chi connectivity index (χ1v) is 13.2. The molecule has 1 aliphatic heterocycles. The van der Waals surface area contributed by atoms with Crippen LogP contribution in [0.5, 0.6) is 0 Å². The molecule has 37 heavy (non-hydrogen) atoms. The van der Waals surface area contributed by atoms with E-state index in [-0.39, 0.29) is 35.2 Å². The van der Waals surface area contributed by atoms with E-state index in [1.54, 1.807) is 37.3 Å². The molecule has 0 spiro atoms. The number of anilines is 1. The Labute approximate surface area is 228 Å². The molecule has 3 unspecified atom stereocenters. The van der Waals surface area contributed by atoms with Crippen molar-refractivity contribution in [2.24, 2.45) is 11.3 Å². The maximum atomic E-state index is 13.9. The molecule has 1 heterocycles. The van der Waals surface area contributed by atoms with Crippen molar-refractivity contribution in [2.75, 3.05) is 11.9 Å². The summed E-state index contributed by atoms with van der Waals surface area (Å²) in [6.45, 7) is 8.80. The molecule has 4 N–H and O–H groups in total. The largest absolute Gasteiger partial charge is 0.390 e. The molecule has 2 aliphatic rings. The fraction of sp³-hybridized carbons (Fsp3) is 0.500. The summed E-state index contributed by atoms with van der Waals surface area (Å²) in [5, 5.41) is 19.1. The fourth-order valence-electron chi connectivity index (χ4n) is 5.16. The van der Waals surface area contributed by atoms with Gasteiger partial charge in [-0.2, -0.15) is 0 Å². The van der Waals surface area contributed by atoms with Gasteiger partial charge in [-0.3, -0.25) is 9.59 Å². The zero-order valence-corrected chi connectivity index (χ0v) is 23.2. The number of amides is 2. The quantitative estimate of drug-likeness (QED) is 0.355. The minimum absolute atomic E-state index is 0.0220. The maximum absolute atomic E-state index is 13.9. The zero-order chi connectivity index (χ0) is 27.4. The molecule has 0 aromatic heterocycles. The van der Waals surface area contributed by atoms with Gasteiger partial charge in [-0.1, -0.05) is 50.0 Å². The van der Waals surface area contributed by atoms with Crippen molar-refractivity contribution in [3.05, 3.63) is 63.9 Å². The summed E-state index contributed by atoms with van der Waals surface area (Å²) in [7, 11) is 0. The average molecular weight is 553 g/mol. The number of rotatable bonds is 6. The van der Waals surface area contributed by atoms with Crippen molar-refractivity contribution in [1.82, 2.24) is 10.6 Å². The summed E-state index contributed by atoms with van der Waals surface area (Å²) in [4.78, 5) is 23.1. The van der Waals surface area contributed by atoms with Crippen LogP contribution in [0.15, 0.2) is 42.5 Å². The lowest BCUT2D eigenvalue weighted by molar-refractivity contribution is -0.120. The standard InChI is InChI=1S/C22H25Cl2FN2O.C6H11NO2/c1-22(2,3)11-19-20(21(28)27-17-6-4-5-14(23)10-17)18(12-26-19)13-7-15(24)9-16(25)8-13;1-6(9)2-5(3-6)7-4-8/h4-10,18-20,26H,11-12H2,1-3H3,(H,27,28);4-5,9H,2-3H2,1H3,(H,7,8). The molecule has 6 nitrogen and oxygen atoms in total. The number of aliphatic hydroxyl groups is 1. The van der Waals surface area contributed by atoms with E-state index in [0.29, 0.717) is 41.5 Å². The second-order valence-corrected chi connectivity index (χ2v) is 12.4. The van der Waals surface area contributed by atoms with Crippen molar-refractivity contribution >= 4 is 41.2 Å². The van der Waals surface area contributed by atoms with Crippen LogP contribution in [0.25, 0.3) is 0 Å². The third kappa shape index (κ3) is 8.67. The number of hydrogen-bond acceptors (Lipinski definition) is 4. The minimum Gasteiger partial charge on any atom is -0.390 e. The van der Waals surface area contributed by atoms with E-state index in [2.05, 4.69) is 36.7 Å². The normalized spacial score (nSPS) is 26.9. The summed E-state index contributed by atoms with van der Waals surface area (Å²) in [6, 6.07) is 11.8. The summed E-state index contributed by atoms with van der Waals surface area (Å²) >= 11 is 12.1. The number of benzene rings is 2. The molecular weight excluding hydrogens is 516 g/mol. The van der Waals surface area contributed by atoms with E-state index in [9.17, 15) is 14.0 Å². The molecule has 202 valence electrons. The van der Waals surface area contributed by atoms with Crippen LogP contribution in [-0.2, 0) is 9.59 Å². The molecule has 3 atom stereocenters. The van der Waals surface area contributed by atoms with Gasteiger partial charge < -0.3 is 21.1 Å². The average Bonchev–Trinajstić information content (AvgIpc) is 3.14. The molecule has 9 heteroatoms. The molecular formula is C28H36Cl2FN3O3. The highest BCUT2D eigenvalue weighted by molar-refractivity contribution is 6.31. The van der Waals surface area contributed by atoms with Crippen molar-refractivity contribution in [3.63, 3.8) is 0 Å². The Morgan fingerprint density at radius 3 is 2.46 bits per heavy atom. The highest BCUT2D eigenvalue weighted by atomic mass is 35.5. The Kier molecular flexibility index (Phi) is 9.62. The van der Waals surface area contributed by atoms with Gasteiger partial charge in [0.05, 0.1) is 11.5 Å². The van der Waals surface area contributed by atoms with E-state index in [1.165, 1.54) is 12.1 Å². The molecule has 1 saturated carbocycles. The van der Waals surface area contributed by atoms with Crippen molar-refractivity contribution in [1.29, 1.82) is 0 Å². The third-order valence-electron chi connectivity index (χ3n) is 6.68. The van der Waals surface area contributed by atoms with Crippen LogP contribution < -0.4 is 16.0 Å². The first-order valence-electron chi connectivity index (χ1n) is 12.4. The highest BCUT2D eigenvalue weighted by Gasteiger charge is 2.43. The maximum Gasteiger partial charge on any atom is 0.229 e. The van der Waals surface area contributed by atoms with E-state index in [0.717, 1.165) is 12.0 Å². The lowest BCUT2D eigenvalue weighted by atomic mass is 9.77. The van der Waals surface area contributed by atoms with Crippen LogP contribution in [0.3, 0.4) is 0 Å².